The van der Waals surface area contributed by atoms with Crippen LogP contribution in [0.2, 0.25) is 0 Å². The van der Waals surface area contributed by atoms with Gasteiger partial charge in [0.2, 0.25) is 5.91 Å². The number of benzene rings is 3. The van der Waals surface area contributed by atoms with Crippen molar-refractivity contribution in [1.82, 2.24) is 10.9 Å². The minimum absolute atomic E-state index is 0.175. The summed E-state index contributed by atoms with van der Waals surface area (Å²) in [6.07, 6.45) is 0.175. The van der Waals surface area contributed by atoms with Crippen LogP contribution in [-0.2, 0) is 11.2 Å². The fraction of sp³-hybridized carbons (Fsp3) is 0.100. The molecule has 0 aromatic heterocycles. The number of nitrogens with one attached hydrogen (secondary N) is 2. The maximum Gasteiger partial charge on any atom is 0.269 e. The molecule has 0 saturated carbocycles. The molecule has 5 nitrogen and oxygen atoms in total. The van der Waals surface area contributed by atoms with Crippen molar-refractivity contribution in [3.63, 3.8) is 0 Å². The highest BCUT2D eigenvalue weighted by atomic mass is 79.9. The van der Waals surface area contributed by atoms with Crippen LogP contribution in [0.25, 0.3) is 10.8 Å². The van der Waals surface area contributed by atoms with Crippen LogP contribution in [-0.4, -0.2) is 18.9 Å². The summed E-state index contributed by atoms with van der Waals surface area (Å²) in [5, 5.41) is 2.10. The number of carbonyl (C=O) groups excluding carboxylic acids is 2. The molecular weight excluding hydrogens is 396 g/mol. The summed E-state index contributed by atoms with van der Waals surface area (Å²) in [5.41, 5.74) is 6.20. The van der Waals surface area contributed by atoms with Gasteiger partial charge in [0, 0.05) is 5.56 Å². The monoisotopic (exact) mass is 412 g/mol. The molecule has 2 N–H and O–H groups in total. The average Bonchev–Trinajstić information content (AvgIpc) is 2.66. The number of hydrogen-bond donors (Lipinski definition) is 2. The molecule has 0 spiro atoms. The Morgan fingerprint density at radius 3 is 2.54 bits per heavy atom. The maximum atomic E-state index is 12.2. The molecule has 0 saturated heterocycles. The smallest absolute Gasteiger partial charge is 0.269 e. The first-order valence-electron chi connectivity index (χ1n) is 7.98. The second kappa shape index (κ2) is 8.01. The molecule has 26 heavy (non-hydrogen) atoms. The van der Waals surface area contributed by atoms with Gasteiger partial charge in [-0.1, -0.05) is 42.5 Å². The van der Waals surface area contributed by atoms with E-state index in [4.69, 9.17) is 4.74 Å². The minimum Gasteiger partial charge on any atom is -0.496 e. The van der Waals surface area contributed by atoms with E-state index in [1.807, 2.05) is 42.5 Å². The largest absolute Gasteiger partial charge is 0.496 e. The molecule has 3 aromatic carbocycles. The van der Waals surface area contributed by atoms with Gasteiger partial charge in [0.15, 0.2) is 0 Å². The van der Waals surface area contributed by atoms with E-state index in [1.165, 1.54) is 0 Å². The molecule has 0 unspecified atom stereocenters. The van der Waals surface area contributed by atoms with Gasteiger partial charge in [-0.15, -0.1) is 0 Å². The second-order valence-electron chi connectivity index (χ2n) is 5.67. The summed E-state index contributed by atoms with van der Waals surface area (Å²) in [6.45, 7) is 0. The zero-order chi connectivity index (χ0) is 18.5. The lowest BCUT2D eigenvalue weighted by Gasteiger charge is -2.10. The SMILES string of the molecule is COc1ccc(C(=O)NNC(=O)Cc2cccc3ccccc23)cc1Br. The van der Waals surface area contributed by atoms with Crippen molar-refractivity contribution >= 4 is 38.5 Å². The summed E-state index contributed by atoms with van der Waals surface area (Å²) in [7, 11) is 1.55. The Kier molecular flexibility index (Phi) is 5.53. The topological polar surface area (TPSA) is 67.4 Å². The molecule has 6 heteroatoms. The Bertz CT molecular complexity index is 967. The normalized spacial score (nSPS) is 10.4. The highest BCUT2D eigenvalue weighted by molar-refractivity contribution is 9.10. The van der Waals surface area contributed by atoms with Gasteiger partial charge in [-0.2, -0.15) is 0 Å². The molecule has 0 heterocycles. The molecule has 0 aliphatic carbocycles. The summed E-state index contributed by atoms with van der Waals surface area (Å²) in [5.74, 6) is -0.0663. The Hall–Kier alpha value is -2.86. The van der Waals surface area contributed by atoms with E-state index in [9.17, 15) is 9.59 Å². The van der Waals surface area contributed by atoms with E-state index < -0.39 is 5.91 Å². The second-order valence-corrected chi connectivity index (χ2v) is 6.52. The van der Waals surface area contributed by atoms with Crippen molar-refractivity contribution in [1.29, 1.82) is 0 Å². The number of methoxy groups -OCH3 is 1. The summed E-state index contributed by atoms with van der Waals surface area (Å²) >= 11 is 3.33. The molecule has 0 fully saturated rings. The van der Waals surface area contributed by atoms with Gasteiger partial charge >= 0.3 is 0 Å². The predicted molar refractivity (Wildman–Crippen MR) is 104 cm³/mol. The third-order valence-corrected chi connectivity index (χ3v) is 4.58. The van der Waals surface area contributed by atoms with E-state index in [1.54, 1.807) is 25.3 Å². The summed E-state index contributed by atoms with van der Waals surface area (Å²) in [6, 6.07) is 18.6. The Morgan fingerprint density at radius 2 is 1.77 bits per heavy atom. The van der Waals surface area contributed by atoms with Gasteiger partial charge in [0.25, 0.3) is 5.91 Å². The number of hydrogen-bond acceptors (Lipinski definition) is 3. The third kappa shape index (κ3) is 4.03. The number of rotatable bonds is 4. The molecule has 0 radical (unpaired) electrons. The van der Waals surface area contributed by atoms with Gasteiger partial charge < -0.3 is 4.74 Å². The lowest BCUT2D eigenvalue weighted by atomic mass is 10.0. The first-order chi connectivity index (χ1) is 12.6. The van der Waals surface area contributed by atoms with Gasteiger partial charge in [-0.05, 0) is 50.5 Å². The number of ether oxygens (including phenoxy) is 1. The van der Waals surface area contributed by atoms with Crippen molar-refractivity contribution in [3.8, 4) is 5.75 Å². The molecule has 0 atom stereocenters. The molecule has 3 rings (SSSR count). The zero-order valence-corrected chi connectivity index (χ0v) is 15.7. The fourth-order valence-corrected chi connectivity index (χ4v) is 3.21. The number of halogens is 1. The van der Waals surface area contributed by atoms with E-state index in [0.717, 1.165) is 16.3 Å². The average molecular weight is 413 g/mol. The Labute approximate surface area is 159 Å². The minimum atomic E-state index is -0.403. The van der Waals surface area contributed by atoms with Gasteiger partial charge in [0.05, 0.1) is 18.0 Å². The van der Waals surface area contributed by atoms with Gasteiger partial charge in [-0.3, -0.25) is 20.4 Å². The molecule has 3 aromatic rings. The summed E-state index contributed by atoms with van der Waals surface area (Å²) < 4.78 is 5.79. The first-order valence-corrected chi connectivity index (χ1v) is 8.77. The lowest BCUT2D eigenvalue weighted by Crippen LogP contribution is -2.42. The molecule has 132 valence electrons. The first kappa shape index (κ1) is 17.9. The van der Waals surface area contributed by atoms with E-state index in [-0.39, 0.29) is 12.3 Å². The van der Waals surface area contributed by atoms with Gasteiger partial charge in [0.1, 0.15) is 5.75 Å². The van der Waals surface area contributed by atoms with Crippen LogP contribution in [0.3, 0.4) is 0 Å². The van der Waals surface area contributed by atoms with Crippen LogP contribution in [0.4, 0.5) is 0 Å². The van der Waals surface area contributed by atoms with Gasteiger partial charge in [-0.25, -0.2) is 0 Å². The van der Waals surface area contributed by atoms with Crippen molar-refractivity contribution < 1.29 is 14.3 Å². The number of amides is 2. The van der Waals surface area contributed by atoms with Crippen LogP contribution < -0.4 is 15.6 Å². The highest BCUT2D eigenvalue weighted by Crippen LogP contribution is 2.25. The molecule has 2 amide bonds. The summed E-state index contributed by atoms with van der Waals surface area (Å²) in [4.78, 5) is 24.4. The van der Waals surface area contributed by atoms with Crippen molar-refractivity contribution in [2.45, 2.75) is 6.42 Å². The Balaban J connectivity index is 1.63. The van der Waals surface area contributed by atoms with Crippen LogP contribution in [0.15, 0.2) is 65.1 Å². The zero-order valence-electron chi connectivity index (χ0n) is 14.1. The number of hydrazine groups is 1. The van der Waals surface area contributed by atoms with Crippen molar-refractivity contribution in [3.05, 3.63) is 76.3 Å². The molecule has 0 bridgehead atoms. The fourth-order valence-electron chi connectivity index (χ4n) is 2.67. The molecule has 0 aliphatic heterocycles. The van der Waals surface area contributed by atoms with Crippen LogP contribution in [0.1, 0.15) is 15.9 Å². The van der Waals surface area contributed by atoms with Crippen molar-refractivity contribution in [2.75, 3.05) is 7.11 Å². The number of carbonyl (C=O) groups is 2. The third-order valence-electron chi connectivity index (χ3n) is 3.96. The molecular formula is C20H17BrN2O3. The lowest BCUT2D eigenvalue weighted by molar-refractivity contribution is -0.121. The van der Waals surface area contributed by atoms with Crippen molar-refractivity contribution in [2.24, 2.45) is 0 Å². The van der Waals surface area contributed by atoms with Crippen LogP contribution in [0, 0.1) is 0 Å². The standard InChI is InChI=1S/C20H17BrN2O3/c1-26-18-10-9-15(11-17(18)21)20(25)23-22-19(24)12-14-7-4-6-13-5-2-3-8-16(13)14/h2-11H,12H2,1H3,(H,22,24)(H,23,25). The van der Waals surface area contributed by atoms with E-state index >= 15 is 0 Å². The Morgan fingerprint density at radius 1 is 1.00 bits per heavy atom. The number of fused-ring (bicyclic) bond motifs is 1. The van der Waals surface area contributed by atoms with E-state index in [2.05, 4.69) is 26.8 Å². The highest BCUT2D eigenvalue weighted by Gasteiger charge is 2.11. The predicted octanol–water partition coefficient (Wildman–Crippen LogP) is 3.61. The van der Waals surface area contributed by atoms with Crippen LogP contribution >= 0.6 is 15.9 Å². The van der Waals surface area contributed by atoms with E-state index in [0.29, 0.717) is 15.8 Å². The maximum absolute atomic E-state index is 12.2. The quantitative estimate of drug-likeness (QED) is 0.643. The molecule has 0 aliphatic rings. The van der Waals surface area contributed by atoms with Crippen LogP contribution in [0.5, 0.6) is 5.75 Å².